The molecule has 2 amide bonds. The maximum atomic E-state index is 13.5. The number of anilines is 3. The lowest BCUT2D eigenvalue weighted by molar-refractivity contribution is 0.231. The molecule has 0 atom stereocenters. The van der Waals surface area contributed by atoms with E-state index in [1.165, 1.54) is 36.2 Å². The largest absolute Gasteiger partial charge is 0.379 e. The number of hydrogen-bond donors (Lipinski definition) is 4. The van der Waals surface area contributed by atoms with Crippen LogP contribution >= 0.6 is 11.9 Å². The lowest BCUT2D eigenvalue weighted by atomic mass is 10.1. The molecule has 1 aromatic heterocycles. The van der Waals surface area contributed by atoms with Crippen molar-refractivity contribution in [3.05, 3.63) is 120 Å². The molecule has 5 aromatic rings. The number of amides is 2. The van der Waals surface area contributed by atoms with Crippen molar-refractivity contribution >= 4 is 46.3 Å². The minimum atomic E-state index is -0.285. The summed E-state index contributed by atoms with van der Waals surface area (Å²) in [5.41, 5.74) is 5.40. The number of urea groups is 1. The van der Waals surface area contributed by atoms with Crippen molar-refractivity contribution in [3.8, 4) is 0 Å². The number of para-hydroxylation sites is 4. The SMILES string of the molecule is O=C(NSCCN1CCC(Nc2nc3ccccc3n2Cc2ccc(F)cc2)CC1)Nc1ccccc1NCc1ccc(F)cc1. The number of likely N-dealkylation sites (tertiary alicyclic amines) is 1. The highest BCUT2D eigenvalue weighted by Crippen LogP contribution is 2.25. The Morgan fingerprint density at radius 3 is 2.22 bits per heavy atom. The Bertz CT molecular complexity index is 1740. The summed E-state index contributed by atoms with van der Waals surface area (Å²) in [5.74, 6) is 1.09. The van der Waals surface area contributed by atoms with Gasteiger partial charge < -0.3 is 25.4 Å². The van der Waals surface area contributed by atoms with E-state index in [0.29, 0.717) is 24.8 Å². The summed E-state index contributed by atoms with van der Waals surface area (Å²) in [7, 11) is 0. The van der Waals surface area contributed by atoms with Crippen LogP contribution in [0.3, 0.4) is 0 Å². The zero-order chi connectivity index (χ0) is 31.7. The third-order valence-corrected chi connectivity index (χ3v) is 8.79. The molecule has 0 spiro atoms. The molecule has 46 heavy (non-hydrogen) atoms. The van der Waals surface area contributed by atoms with Crippen LogP contribution in [0.2, 0.25) is 0 Å². The second-order valence-corrected chi connectivity index (χ2v) is 12.2. The molecule has 0 aliphatic carbocycles. The molecule has 0 radical (unpaired) electrons. The van der Waals surface area contributed by atoms with Crippen LogP contribution in [-0.2, 0) is 13.1 Å². The number of fused-ring (bicyclic) bond motifs is 1. The number of carbonyl (C=O) groups is 1. The second-order valence-electron chi connectivity index (χ2n) is 11.3. The summed E-state index contributed by atoms with van der Waals surface area (Å²) in [6.07, 6.45) is 1.97. The quantitative estimate of drug-likeness (QED) is 0.0844. The molecule has 1 aliphatic heterocycles. The topological polar surface area (TPSA) is 86.2 Å². The number of imidazole rings is 1. The molecule has 2 heterocycles. The molecule has 11 heteroatoms. The van der Waals surface area contributed by atoms with Gasteiger partial charge in [-0.15, -0.1) is 0 Å². The second kappa shape index (κ2) is 15.1. The molecule has 8 nitrogen and oxygen atoms in total. The average molecular weight is 642 g/mol. The number of aromatic nitrogens is 2. The Labute approximate surface area is 271 Å². The van der Waals surface area contributed by atoms with Crippen LogP contribution in [0, 0.1) is 11.6 Å². The van der Waals surface area contributed by atoms with Gasteiger partial charge in [-0.1, -0.05) is 48.5 Å². The molecule has 1 aliphatic rings. The van der Waals surface area contributed by atoms with E-state index in [4.69, 9.17) is 4.98 Å². The standard InChI is InChI=1S/C35H37F2N7OS/c36-27-13-9-25(10-14-27)23-38-30-5-1-2-6-31(30)41-35(45)42-46-22-21-43-19-17-29(18-20-43)39-34-40-32-7-3-4-8-33(32)44(34)24-26-11-15-28(37)16-12-26/h1-16,29,38H,17-24H2,(H,39,40)(H2,41,42,45). The van der Waals surface area contributed by atoms with E-state index in [-0.39, 0.29) is 17.7 Å². The minimum Gasteiger partial charge on any atom is -0.379 e. The van der Waals surface area contributed by atoms with Gasteiger partial charge in [0.15, 0.2) is 0 Å². The van der Waals surface area contributed by atoms with E-state index in [2.05, 4.69) is 36.2 Å². The van der Waals surface area contributed by atoms with Crippen molar-refractivity contribution in [3.63, 3.8) is 0 Å². The van der Waals surface area contributed by atoms with Gasteiger partial charge in [0, 0.05) is 38.0 Å². The summed E-state index contributed by atoms with van der Waals surface area (Å²) in [4.78, 5) is 19.9. The first-order valence-corrected chi connectivity index (χ1v) is 16.4. The fraction of sp³-hybridized carbons (Fsp3) is 0.257. The zero-order valence-corrected chi connectivity index (χ0v) is 26.2. The number of halogens is 2. The first kappa shape index (κ1) is 31.4. The smallest absolute Gasteiger partial charge is 0.329 e. The Balaban J connectivity index is 0.934. The number of benzene rings is 4. The van der Waals surface area contributed by atoms with Crippen molar-refractivity contribution in [2.75, 3.05) is 41.3 Å². The molecule has 1 saturated heterocycles. The van der Waals surface area contributed by atoms with Gasteiger partial charge in [0.1, 0.15) is 11.6 Å². The summed E-state index contributed by atoms with van der Waals surface area (Å²) < 4.78 is 31.7. The van der Waals surface area contributed by atoms with E-state index in [9.17, 15) is 13.6 Å². The fourth-order valence-electron chi connectivity index (χ4n) is 5.59. The van der Waals surface area contributed by atoms with Crippen LogP contribution in [-0.4, -0.2) is 51.9 Å². The van der Waals surface area contributed by atoms with Gasteiger partial charge in [-0.05, 0) is 84.4 Å². The predicted molar refractivity (Wildman–Crippen MR) is 183 cm³/mol. The van der Waals surface area contributed by atoms with Crippen molar-refractivity contribution in [2.24, 2.45) is 0 Å². The van der Waals surface area contributed by atoms with Gasteiger partial charge in [-0.3, -0.25) is 4.72 Å². The zero-order valence-electron chi connectivity index (χ0n) is 25.4. The first-order valence-electron chi connectivity index (χ1n) is 15.4. The normalized spacial score (nSPS) is 13.9. The van der Waals surface area contributed by atoms with E-state index in [1.807, 2.05) is 54.6 Å². The molecule has 6 rings (SSSR count). The van der Waals surface area contributed by atoms with Crippen molar-refractivity contribution < 1.29 is 13.6 Å². The number of nitrogens with one attached hydrogen (secondary N) is 4. The summed E-state index contributed by atoms with van der Waals surface area (Å²) >= 11 is 1.39. The third kappa shape index (κ3) is 8.35. The highest BCUT2D eigenvalue weighted by atomic mass is 32.2. The third-order valence-electron chi connectivity index (χ3n) is 8.08. The van der Waals surface area contributed by atoms with Gasteiger partial charge in [0.05, 0.1) is 29.0 Å². The molecule has 0 bridgehead atoms. The summed E-state index contributed by atoms with van der Waals surface area (Å²) in [5, 5.41) is 9.90. The molecule has 4 aromatic carbocycles. The van der Waals surface area contributed by atoms with E-state index in [0.717, 1.165) is 72.0 Å². The lowest BCUT2D eigenvalue weighted by Crippen LogP contribution is -2.40. The van der Waals surface area contributed by atoms with Gasteiger partial charge in [0.2, 0.25) is 5.95 Å². The van der Waals surface area contributed by atoms with Gasteiger partial charge in [-0.25, -0.2) is 18.6 Å². The Morgan fingerprint density at radius 2 is 1.48 bits per heavy atom. The first-order chi connectivity index (χ1) is 22.5. The Kier molecular flexibility index (Phi) is 10.3. The van der Waals surface area contributed by atoms with Crippen LogP contribution in [0.1, 0.15) is 24.0 Å². The number of rotatable bonds is 12. The predicted octanol–water partition coefficient (Wildman–Crippen LogP) is 7.32. The Hall–Kier alpha value is -4.61. The highest BCUT2D eigenvalue weighted by molar-refractivity contribution is 7.97. The van der Waals surface area contributed by atoms with Gasteiger partial charge in [-0.2, -0.15) is 0 Å². The maximum Gasteiger partial charge on any atom is 0.329 e. The molecular weight excluding hydrogens is 604 g/mol. The van der Waals surface area contributed by atoms with E-state index in [1.54, 1.807) is 12.1 Å². The average Bonchev–Trinajstić information content (AvgIpc) is 3.41. The van der Waals surface area contributed by atoms with Crippen molar-refractivity contribution in [2.45, 2.75) is 32.0 Å². The van der Waals surface area contributed by atoms with Gasteiger partial charge in [0.25, 0.3) is 0 Å². The molecule has 238 valence electrons. The fourth-order valence-corrected chi connectivity index (χ4v) is 6.22. The molecule has 0 unspecified atom stereocenters. The number of piperidine rings is 1. The van der Waals surface area contributed by atoms with E-state index >= 15 is 0 Å². The molecule has 4 N–H and O–H groups in total. The van der Waals surface area contributed by atoms with Crippen LogP contribution in [0.25, 0.3) is 11.0 Å². The Morgan fingerprint density at radius 1 is 0.826 bits per heavy atom. The molecule has 0 saturated carbocycles. The summed E-state index contributed by atoms with van der Waals surface area (Å²) in [6, 6.07) is 28.5. The molecular formula is C35H37F2N7OS. The monoisotopic (exact) mass is 641 g/mol. The van der Waals surface area contributed by atoms with Crippen molar-refractivity contribution in [1.29, 1.82) is 0 Å². The summed E-state index contributed by atoms with van der Waals surface area (Å²) in [6.45, 7) is 3.90. The van der Waals surface area contributed by atoms with Gasteiger partial charge >= 0.3 is 6.03 Å². The highest BCUT2D eigenvalue weighted by Gasteiger charge is 2.21. The van der Waals surface area contributed by atoms with Crippen LogP contribution in [0.4, 0.5) is 30.9 Å². The number of hydrogen-bond acceptors (Lipinski definition) is 6. The van der Waals surface area contributed by atoms with Crippen LogP contribution in [0.15, 0.2) is 97.1 Å². The maximum absolute atomic E-state index is 13.5. The molecule has 1 fully saturated rings. The lowest BCUT2D eigenvalue weighted by Gasteiger charge is -2.32. The van der Waals surface area contributed by atoms with Crippen LogP contribution < -0.4 is 20.7 Å². The minimum absolute atomic E-state index is 0.239. The van der Waals surface area contributed by atoms with Crippen molar-refractivity contribution in [1.82, 2.24) is 19.2 Å². The van der Waals surface area contributed by atoms with Crippen LogP contribution in [0.5, 0.6) is 0 Å². The number of carbonyl (C=O) groups excluding carboxylic acids is 1. The number of nitrogens with zero attached hydrogens (tertiary/aromatic N) is 3. The van der Waals surface area contributed by atoms with E-state index < -0.39 is 0 Å².